The van der Waals surface area contributed by atoms with Crippen molar-refractivity contribution in [3.63, 3.8) is 0 Å². The first kappa shape index (κ1) is 13.7. The van der Waals surface area contributed by atoms with Gasteiger partial charge in [-0.25, -0.2) is 0 Å². The van der Waals surface area contributed by atoms with E-state index in [-0.39, 0.29) is 0 Å². The lowest BCUT2D eigenvalue weighted by Gasteiger charge is -2.22. The molecule has 16 heavy (non-hydrogen) atoms. The molecule has 0 radical (unpaired) electrons. The highest BCUT2D eigenvalue weighted by Gasteiger charge is 2.15. The number of hydrogen-bond donors (Lipinski definition) is 1. The molecule has 0 saturated heterocycles. The van der Waals surface area contributed by atoms with Crippen molar-refractivity contribution in [1.29, 1.82) is 0 Å². The zero-order valence-electron chi connectivity index (χ0n) is 10.5. The minimum Gasteiger partial charge on any atom is -0.319 e. The Morgan fingerprint density at radius 2 is 1.88 bits per heavy atom. The topological polar surface area (TPSA) is 12.0 Å². The van der Waals surface area contributed by atoms with Gasteiger partial charge in [0.15, 0.2) is 0 Å². The van der Waals surface area contributed by atoms with E-state index in [0.29, 0.717) is 0 Å². The fraction of sp³-hybridized carbons (Fsp3) is 0.571. The second-order valence-corrected chi connectivity index (χ2v) is 5.45. The number of halogens is 1. The van der Waals surface area contributed by atoms with Gasteiger partial charge in [0.25, 0.3) is 0 Å². The van der Waals surface area contributed by atoms with E-state index >= 15 is 0 Å². The average Bonchev–Trinajstić information content (AvgIpc) is 2.30. The van der Waals surface area contributed by atoms with Crippen LogP contribution in [0.5, 0.6) is 0 Å². The molecule has 1 nitrogen and oxygen atoms in total. The fourth-order valence-electron chi connectivity index (χ4n) is 1.99. The minimum atomic E-state index is 0.733. The predicted octanol–water partition coefficient (Wildman–Crippen LogP) is 3.87. The SMILES string of the molecule is CCC(C)C(CNC)Cc1ccc(Br)cc1. The molecule has 90 valence electrons. The van der Waals surface area contributed by atoms with Crippen molar-refractivity contribution in [2.75, 3.05) is 13.6 Å². The minimum absolute atomic E-state index is 0.733. The van der Waals surface area contributed by atoms with Crippen molar-refractivity contribution in [2.45, 2.75) is 26.7 Å². The molecule has 1 rings (SSSR count). The van der Waals surface area contributed by atoms with Crippen LogP contribution in [0.15, 0.2) is 28.7 Å². The van der Waals surface area contributed by atoms with E-state index < -0.39 is 0 Å². The highest BCUT2D eigenvalue weighted by Crippen LogP contribution is 2.21. The quantitative estimate of drug-likeness (QED) is 0.836. The van der Waals surface area contributed by atoms with Gasteiger partial charge in [-0.1, -0.05) is 48.3 Å². The molecule has 0 aliphatic heterocycles. The standard InChI is InChI=1S/C14H22BrN/c1-4-11(2)13(10-16-3)9-12-5-7-14(15)8-6-12/h5-8,11,13,16H,4,9-10H2,1-3H3. The van der Waals surface area contributed by atoms with Gasteiger partial charge in [0, 0.05) is 4.47 Å². The van der Waals surface area contributed by atoms with Gasteiger partial charge in [0.2, 0.25) is 0 Å². The molecule has 2 unspecified atom stereocenters. The first-order valence-electron chi connectivity index (χ1n) is 6.06. The molecule has 2 atom stereocenters. The third kappa shape index (κ3) is 4.26. The molecular weight excluding hydrogens is 262 g/mol. The summed E-state index contributed by atoms with van der Waals surface area (Å²) in [6.45, 7) is 5.72. The highest BCUT2D eigenvalue weighted by molar-refractivity contribution is 9.10. The average molecular weight is 284 g/mol. The molecule has 0 aliphatic rings. The maximum atomic E-state index is 3.47. The molecule has 1 aromatic rings. The van der Waals surface area contributed by atoms with Crippen LogP contribution in [0.1, 0.15) is 25.8 Å². The van der Waals surface area contributed by atoms with Gasteiger partial charge in [0.05, 0.1) is 0 Å². The van der Waals surface area contributed by atoms with Crippen LogP contribution in [-0.4, -0.2) is 13.6 Å². The summed E-state index contributed by atoms with van der Waals surface area (Å²) in [5.74, 6) is 1.51. The first-order valence-corrected chi connectivity index (χ1v) is 6.85. The number of hydrogen-bond acceptors (Lipinski definition) is 1. The largest absolute Gasteiger partial charge is 0.319 e. The Hall–Kier alpha value is -0.340. The van der Waals surface area contributed by atoms with Gasteiger partial charge in [-0.3, -0.25) is 0 Å². The third-order valence-corrected chi connectivity index (χ3v) is 3.85. The van der Waals surface area contributed by atoms with Crippen LogP contribution < -0.4 is 5.32 Å². The second-order valence-electron chi connectivity index (χ2n) is 4.53. The lowest BCUT2D eigenvalue weighted by Crippen LogP contribution is -2.26. The summed E-state index contributed by atoms with van der Waals surface area (Å²) in [6, 6.07) is 8.69. The molecule has 2 heteroatoms. The van der Waals surface area contributed by atoms with Gasteiger partial charge in [-0.05, 0) is 49.5 Å². The number of nitrogens with one attached hydrogen (secondary N) is 1. The summed E-state index contributed by atoms with van der Waals surface area (Å²) >= 11 is 3.47. The van der Waals surface area contributed by atoms with Gasteiger partial charge in [-0.15, -0.1) is 0 Å². The summed E-state index contributed by atoms with van der Waals surface area (Å²) in [7, 11) is 2.04. The lowest BCUT2D eigenvalue weighted by atomic mass is 9.86. The van der Waals surface area contributed by atoms with Gasteiger partial charge < -0.3 is 5.32 Å². The summed E-state index contributed by atoms with van der Waals surface area (Å²) in [4.78, 5) is 0. The molecule has 1 aromatic carbocycles. The third-order valence-electron chi connectivity index (χ3n) is 3.33. The first-order chi connectivity index (χ1) is 7.67. The molecular formula is C14H22BrN. The van der Waals surface area contributed by atoms with Gasteiger partial charge in [0.1, 0.15) is 0 Å². The Balaban J connectivity index is 2.63. The van der Waals surface area contributed by atoms with E-state index in [9.17, 15) is 0 Å². The molecule has 0 bridgehead atoms. The zero-order chi connectivity index (χ0) is 12.0. The van der Waals surface area contributed by atoms with E-state index in [0.717, 1.165) is 22.9 Å². The zero-order valence-corrected chi connectivity index (χ0v) is 12.0. The molecule has 0 fully saturated rings. The van der Waals surface area contributed by atoms with Gasteiger partial charge >= 0.3 is 0 Å². The van der Waals surface area contributed by atoms with Crippen molar-refractivity contribution in [2.24, 2.45) is 11.8 Å². The Bertz CT molecular complexity index is 294. The summed E-state index contributed by atoms with van der Waals surface area (Å²) in [5, 5.41) is 3.31. The molecule has 0 aliphatic carbocycles. The number of benzene rings is 1. The van der Waals surface area contributed by atoms with Crippen molar-refractivity contribution in [1.82, 2.24) is 5.32 Å². The van der Waals surface area contributed by atoms with E-state index in [2.05, 4.69) is 59.4 Å². The second kappa shape index (κ2) is 7.08. The van der Waals surface area contributed by atoms with Crippen LogP contribution in [0.4, 0.5) is 0 Å². The smallest absolute Gasteiger partial charge is 0.0175 e. The van der Waals surface area contributed by atoms with Gasteiger partial charge in [-0.2, -0.15) is 0 Å². The molecule has 1 N–H and O–H groups in total. The predicted molar refractivity (Wildman–Crippen MR) is 74.7 cm³/mol. The maximum absolute atomic E-state index is 3.47. The Morgan fingerprint density at radius 1 is 1.25 bits per heavy atom. The highest BCUT2D eigenvalue weighted by atomic mass is 79.9. The molecule has 0 spiro atoms. The van der Waals surface area contributed by atoms with Crippen molar-refractivity contribution in [3.8, 4) is 0 Å². The van der Waals surface area contributed by atoms with Crippen LogP contribution in [-0.2, 0) is 6.42 Å². The number of rotatable bonds is 6. The molecule has 0 heterocycles. The van der Waals surface area contributed by atoms with Crippen molar-refractivity contribution < 1.29 is 0 Å². The van der Waals surface area contributed by atoms with Crippen molar-refractivity contribution >= 4 is 15.9 Å². The lowest BCUT2D eigenvalue weighted by molar-refractivity contribution is 0.337. The van der Waals surface area contributed by atoms with E-state index in [1.54, 1.807) is 0 Å². The van der Waals surface area contributed by atoms with Crippen LogP contribution in [0, 0.1) is 11.8 Å². The van der Waals surface area contributed by atoms with E-state index in [1.165, 1.54) is 18.4 Å². The normalized spacial score (nSPS) is 14.8. The Labute approximate surface area is 108 Å². The van der Waals surface area contributed by atoms with E-state index in [1.807, 2.05) is 7.05 Å². The Morgan fingerprint density at radius 3 is 2.38 bits per heavy atom. The summed E-state index contributed by atoms with van der Waals surface area (Å²) in [5.41, 5.74) is 1.43. The van der Waals surface area contributed by atoms with Crippen LogP contribution in [0.3, 0.4) is 0 Å². The van der Waals surface area contributed by atoms with Crippen LogP contribution >= 0.6 is 15.9 Å². The van der Waals surface area contributed by atoms with Crippen LogP contribution in [0.2, 0.25) is 0 Å². The fourth-order valence-corrected chi connectivity index (χ4v) is 2.26. The molecule has 0 amide bonds. The molecule has 0 saturated carbocycles. The Kier molecular flexibility index (Phi) is 6.07. The van der Waals surface area contributed by atoms with Crippen molar-refractivity contribution in [3.05, 3.63) is 34.3 Å². The molecule has 0 aromatic heterocycles. The van der Waals surface area contributed by atoms with E-state index in [4.69, 9.17) is 0 Å². The maximum Gasteiger partial charge on any atom is 0.0175 e. The summed E-state index contributed by atoms with van der Waals surface area (Å²) in [6.07, 6.45) is 2.42. The van der Waals surface area contributed by atoms with Crippen LogP contribution in [0.25, 0.3) is 0 Å². The monoisotopic (exact) mass is 283 g/mol. The summed E-state index contributed by atoms with van der Waals surface area (Å²) < 4.78 is 1.16.